The Balaban J connectivity index is 2.06. The molecule has 0 N–H and O–H groups in total. The number of carbonyl (C=O) groups is 2. The highest BCUT2D eigenvalue weighted by atomic mass is 35.5. The molecule has 27 heavy (non-hydrogen) atoms. The Morgan fingerprint density at radius 2 is 1.93 bits per heavy atom. The number of rotatable bonds is 6. The van der Waals surface area contributed by atoms with Gasteiger partial charge < -0.3 is 9.80 Å². The molecule has 1 aliphatic rings. The molecule has 1 atom stereocenters. The molecule has 0 saturated carbocycles. The van der Waals surface area contributed by atoms with E-state index >= 15 is 0 Å². The topological polar surface area (TPSA) is 40.6 Å². The van der Waals surface area contributed by atoms with E-state index in [0.29, 0.717) is 42.8 Å². The Morgan fingerprint density at radius 3 is 2.52 bits per heavy atom. The first-order valence-electron chi connectivity index (χ1n) is 9.11. The van der Waals surface area contributed by atoms with Crippen LogP contribution in [-0.2, 0) is 4.79 Å². The molecule has 150 valence electrons. The predicted octanol–water partition coefficient (Wildman–Crippen LogP) is 4.38. The molecule has 1 aromatic carbocycles. The van der Waals surface area contributed by atoms with Crippen molar-refractivity contribution in [2.45, 2.75) is 38.8 Å². The molecule has 1 unspecified atom stereocenters. The van der Waals surface area contributed by atoms with Gasteiger partial charge in [0.25, 0.3) is 5.91 Å². The fourth-order valence-electron chi connectivity index (χ4n) is 3.23. The highest BCUT2D eigenvalue weighted by Crippen LogP contribution is 2.24. The second-order valence-corrected chi connectivity index (χ2v) is 7.26. The Kier molecular flexibility index (Phi) is 7.53. The lowest BCUT2D eigenvalue weighted by atomic mass is 9.95. The third kappa shape index (κ3) is 6.41. The van der Waals surface area contributed by atoms with Crippen molar-refractivity contribution in [3.63, 3.8) is 0 Å². The standard InChI is InChI=1S/C19H24ClF3N2O2/c1-2-3-10-25(13-19(21,22)23)18(27)15-5-4-11-24(12-15)17(26)14-6-8-16(20)9-7-14/h6-9,15H,2-5,10-13H2,1H3. The van der Waals surface area contributed by atoms with Gasteiger partial charge in [-0.25, -0.2) is 0 Å². The first kappa shape index (κ1) is 21.5. The van der Waals surface area contributed by atoms with Crippen LogP contribution in [-0.4, -0.2) is 54.0 Å². The summed E-state index contributed by atoms with van der Waals surface area (Å²) in [6.45, 7) is 1.33. The van der Waals surface area contributed by atoms with E-state index in [1.54, 1.807) is 29.2 Å². The summed E-state index contributed by atoms with van der Waals surface area (Å²) >= 11 is 5.83. The number of amides is 2. The Labute approximate surface area is 162 Å². The van der Waals surface area contributed by atoms with E-state index in [-0.39, 0.29) is 19.0 Å². The van der Waals surface area contributed by atoms with Crippen LogP contribution in [0.15, 0.2) is 24.3 Å². The molecule has 1 fully saturated rings. The number of hydrogen-bond acceptors (Lipinski definition) is 2. The minimum Gasteiger partial charge on any atom is -0.338 e. The van der Waals surface area contributed by atoms with Crippen LogP contribution in [0.25, 0.3) is 0 Å². The monoisotopic (exact) mass is 404 g/mol. The van der Waals surface area contributed by atoms with Crippen molar-refractivity contribution < 1.29 is 22.8 Å². The van der Waals surface area contributed by atoms with Crippen molar-refractivity contribution in [1.82, 2.24) is 9.80 Å². The van der Waals surface area contributed by atoms with Gasteiger partial charge in [0, 0.05) is 30.2 Å². The minimum absolute atomic E-state index is 0.0798. The smallest absolute Gasteiger partial charge is 0.338 e. The van der Waals surface area contributed by atoms with E-state index in [2.05, 4.69) is 0 Å². The van der Waals surface area contributed by atoms with Crippen LogP contribution >= 0.6 is 11.6 Å². The van der Waals surface area contributed by atoms with Gasteiger partial charge in [0.2, 0.25) is 5.91 Å². The van der Waals surface area contributed by atoms with Crippen molar-refractivity contribution in [3.05, 3.63) is 34.9 Å². The maximum absolute atomic E-state index is 12.9. The normalized spacial score (nSPS) is 17.7. The summed E-state index contributed by atoms with van der Waals surface area (Å²) in [6, 6.07) is 6.43. The fourth-order valence-corrected chi connectivity index (χ4v) is 3.35. The number of hydrogen-bond donors (Lipinski definition) is 0. The lowest BCUT2D eigenvalue weighted by Crippen LogP contribution is -2.49. The lowest BCUT2D eigenvalue weighted by molar-refractivity contribution is -0.164. The molecule has 1 saturated heterocycles. The summed E-state index contributed by atoms with van der Waals surface area (Å²) < 4.78 is 38.6. The first-order chi connectivity index (χ1) is 12.7. The molecule has 0 radical (unpaired) electrons. The number of likely N-dealkylation sites (tertiary alicyclic amines) is 1. The summed E-state index contributed by atoms with van der Waals surface area (Å²) in [5, 5.41) is 0.511. The van der Waals surface area contributed by atoms with Crippen molar-refractivity contribution >= 4 is 23.4 Å². The maximum Gasteiger partial charge on any atom is 0.406 e. The van der Waals surface area contributed by atoms with Crippen LogP contribution in [0.1, 0.15) is 43.0 Å². The van der Waals surface area contributed by atoms with Gasteiger partial charge in [-0.3, -0.25) is 9.59 Å². The van der Waals surface area contributed by atoms with Crippen molar-refractivity contribution in [3.8, 4) is 0 Å². The summed E-state index contributed by atoms with van der Waals surface area (Å²) in [5.74, 6) is -1.36. The third-order valence-electron chi connectivity index (χ3n) is 4.61. The van der Waals surface area contributed by atoms with Crippen molar-refractivity contribution in [2.75, 3.05) is 26.2 Å². The number of alkyl halides is 3. The molecular formula is C19H24ClF3N2O2. The molecule has 1 aromatic rings. The summed E-state index contributed by atoms with van der Waals surface area (Å²) in [5.41, 5.74) is 0.450. The van der Waals surface area contributed by atoms with Crippen LogP contribution in [0.3, 0.4) is 0 Å². The van der Waals surface area contributed by atoms with Gasteiger partial charge in [-0.15, -0.1) is 0 Å². The zero-order valence-corrected chi connectivity index (χ0v) is 16.0. The molecule has 1 aliphatic heterocycles. The van der Waals surface area contributed by atoms with E-state index in [4.69, 9.17) is 11.6 Å². The molecule has 4 nitrogen and oxygen atoms in total. The zero-order chi connectivity index (χ0) is 20.0. The van der Waals surface area contributed by atoms with Gasteiger partial charge in [0.15, 0.2) is 0 Å². The highest BCUT2D eigenvalue weighted by molar-refractivity contribution is 6.30. The second-order valence-electron chi connectivity index (χ2n) is 6.83. The van der Waals surface area contributed by atoms with E-state index in [1.165, 1.54) is 0 Å². The predicted molar refractivity (Wildman–Crippen MR) is 97.6 cm³/mol. The molecule has 2 rings (SSSR count). The fraction of sp³-hybridized carbons (Fsp3) is 0.579. The quantitative estimate of drug-likeness (QED) is 0.705. The first-order valence-corrected chi connectivity index (χ1v) is 9.49. The molecule has 0 bridgehead atoms. The van der Waals surface area contributed by atoms with Crippen LogP contribution in [0.4, 0.5) is 13.2 Å². The van der Waals surface area contributed by atoms with Crippen LogP contribution in [0.2, 0.25) is 5.02 Å². The Morgan fingerprint density at radius 1 is 1.26 bits per heavy atom. The summed E-state index contributed by atoms with van der Waals surface area (Å²) in [4.78, 5) is 27.8. The average molecular weight is 405 g/mol. The van der Waals surface area contributed by atoms with Crippen LogP contribution in [0.5, 0.6) is 0 Å². The minimum atomic E-state index is -4.43. The number of nitrogens with zero attached hydrogens (tertiary/aromatic N) is 2. The van der Waals surface area contributed by atoms with E-state index in [9.17, 15) is 22.8 Å². The number of unbranched alkanes of at least 4 members (excludes halogenated alkanes) is 1. The zero-order valence-electron chi connectivity index (χ0n) is 15.3. The molecule has 8 heteroatoms. The van der Waals surface area contributed by atoms with E-state index in [0.717, 1.165) is 4.90 Å². The van der Waals surface area contributed by atoms with Gasteiger partial charge in [-0.1, -0.05) is 24.9 Å². The van der Waals surface area contributed by atoms with Gasteiger partial charge in [0.05, 0.1) is 5.92 Å². The van der Waals surface area contributed by atoms with Crippen molar-refractivity contribution in [2.24, 2.45) is 5.92 Å². The molecule has 0 aliphatic carbocycles. The maximum atomic E-state index is 12.9. The van der Waals surface area contributed by atoms with Crippen LogP contribution in [0, 0.1) is 5.92 Å². The van der Waals surface area contributed by atoms with Crippen molar-refractivity contribution in [1.29, 1.82) is 0 Å². The second kappa shape index (κ2) is 9.44. The largest absolute Gasteiger partial charge is 0.406 e. The number of carbonyl (C=O) groups excluding carboxylic acids is 2. The highest BCUT2D eigenvalue weighted by Gasteiger charge is 2.37. The molecule has 1 heterocycles. The third-order valence-corrected chi connectivity index (χ3v) is 4.86. The van der Waals surface area contributed by atoms with E-state index in [1.807, 2.05) is 6.92 Å². The number of benzene rings is 1. The average Bonchev–Trinajstić information content (AvgIpc) is 2.64. The van der Waals surface area contributed by atoms with Crippen LogP contribution < -0.4 is 0 Å². The SMILES string of the molecule is CCCCN(CC(F)(F)F)C(=O)C1CCCN(C(=O)c2ccc(Cl)cc2)C1. The van der Waals surface area contributed by atoms with Gasteiger partial charge >= 0.3 is 6.18 Å². The van der Waals surface area contributed by atoms with Gasteiger partial charge in [-0.05, 0) is 43.5 Å². The summed E-state index contributed by atoms with van der Waals surface area (Å²) in [6.07, 6.45) is -2.14. The Hall–Kier alpha value is -1.76. The lowest BCUT2D eigenvalue weighted by Gasteiger charge is -2.35. The Bertz CT molecular complexity index is 649. The number of halogens is 4. The molecular weight excluding hydrogens is 381 g/mol. The van der Waals surface area contributed by atoms with E-state index < -0.39 is 24.5 Å². The number of piperidine rings is 1. The molecule has 2 amide bonds. The summed E-state index contributed by atoms with van der Waals surface area (Å²) in [7, 11) is 0. The van der Waals surface area contributed by atoms with Gasteiger partial charge in [0.1, 0.15) is 6.54 Å². The van der Waals surface area contributed by atoms with Gasteiger partial charge in [-0.2, -0.15) is 13.2 Å². The molecule has 0 spiro atoms. The molecule has 0 aromatic heterocycles.